The van der Waals surface area contributed by atoms with E-state index in [4.69, 9.17) is 0 Å². The molecule has 1 fully saturated rings. The Hall–Kier alpha value is -1.05. The van der Waals surface area contributed by atoms with Crippen LogP contribution < -0.4 is 5.32 Å². The van der Waals surface area contributed by atoms with Gasteiger partial charge >= 0.3 is 0 Å². The van der Waals surface area contributed by atoms with Crippen molar-refractivity contribution in [3.8, 4) is 0 Å². The molecule has 0 aliphatic carbocycles. The summed E-state index contributed by atoms with van der Waals surface area (Å²) >= 11 is 5.35. The van der Waals surface area contributed by atoms with Gasteiger partial charge in [0.05, 0.1) is 4.58 Å². The summed E-state index contributed by atoms with van der Waals surface area (Å²) in [5.74, 6) is 2.59. The molecule has 116 valence electrons. The minimum Gasteiger partial charge on any atom is -0.296 e. The van der Waals surface area contributed by atoms with Crippen molar-refractivity contribution in [2.45, 2.75) is 24.3 Å². The molecular weight excluding hydrogens is 334 g/mol. The molecule has 22 heavy (non-hydrogen) atoms. The van der Waals surface area contributed by atoms with E-state index in [1.165, 1.54) is 28.4 Å². The molecule has 3 rings (SSSR count). The quantitative estimate of drug-likeness (QED) is 0.885. The summed E-state index contributed by atoms with van der Waals surface area (Å²) in [4.78, 5) is 12.2. The molecule has 1 aliphatic rings. The van der Waals surface area contributed by atoms with E-state index < -0.39 is 0 Å². The molecule has 1 aliphatic heterocycles. The molecule has 7 heteroatoms. The lowest BCUT2D eigenvalue weighted by Gasteiger charge is -2.08. The highest BCUT2D eigenvalue weighted by Gasteiger charge is 2.18. The Balaban J connectivity index is 1.66. The van der Waals surface area contributed by atoms with E-state index in [1.807, 2.05) is 47.8 Å². The molecule has 1 amide bonds. The average Bonchev–Trinajstić information content (AvgIpc) is 3.19. The van der Waals surface area contributed by atoms with Crippen LogP contribution in [-0.2, 0) is 0 Å². The maximum Gasteiger partial charge on any atom is 0.257 e. The summed E-state index contributed by atoms with van der Waals surface area (Å²) in [6, 6.07) is 7.86. The summed E-state index contributed by atoms with van der Waals surface area (Å²) in [6.07, 6.45) is 0. The van der Waals surface area contributed by atoms with Gasteiger partial charge in [0.25, 0.3) is 5.91 Å². The van der Waals surface area contributed by atoms with Crippen molar-refractivity contribution in [2.24, 2.45) is 0 Å². The summed E-state index contributed by atoms with van der Waals surface area (Å²) in [7, 11) is 0. The highest BCUT2D eigenvalue weighted by atomic mass is 32.2. The fourth-order valence-electron chi connectivity index (χ4n) is 2.03. The van der Waals surface area contributed by atoms with Crippen LogP contribution in [0.5, 0.6) is 0 Å². The van der Waals surface area contributed by atoms with Gasteiger partial charge < -0.3 is 0 Å². The van der Waals surface area contributed by atoms with Gasteiger partial charge in [0, 0.05) is 23.0 Å². The van der Waals surface area contributed by atoms with Crippen LogP contribution in [0.4, 0.5) is 5.13 Å². The lowest BCUT2D eigenvalue weighted by Crippen LogP contribution is -2.11. The zero-order chi connectivity index (χ0) is 15.5. The van der Waals surface area contributed by atoms with Gasteiger partial charge in [-0.2, -0.15) is 0 Å². The number of aromatic nitrogens is 2. The summed E-state index contributed by atoms with van der Waals surface area (Å²) in [5.41, 5.74) is 1.93. The van der Waals surface area contributed by atoms with Crippen LogP contribution in [0, 0.1) is 0 Å². The fourth-order valence-corrected chi connectivity index (χ4v) is 5.63. The molecule has 0 saturated carbocycles. The molecular formula is C15H17N3OS3. The van der Waals surface area contributed by atoms with E-state index in [9.17, 15) is 4.79 Å². The zero-order valence-electron chi connectivity index (χ0n) is 12.4. The Bertz CT molecular complexity index is 648. The van der Waals surface area contributed by atoms with Crippen LogP contribution in [0.1, 0.15) is 45.3 Å². The second-order valence-corrected chi connectivity index (χ2v) is 8.98. The van der Waals surface area contributed by atoms with Crippen molar-refractivity contribution in [3.63, 3.8) is 0 Å². The van der Waals surface area contributed by atoms with Gasteiger partial charge in [-0.3, -0.25) is 10.1 Å². The number of rotatable bonds is 4. The van der Waals surface area contributed by atoms with Crippen molar-refractivity contribution in [1.29, 1.82) is 0 Å². The summed E-state index contributed by atoms with van der Waals surface area (Å²) < 4.78 is 0.508. The van der Waals surface area contributed by atoms with Crippen molar-refractivity contribution in [2.75, 3.05) is 16.8 Å². The SMILES string of the molecule is CC(C)c1nnc(NC(=O)c2ccc(C3SCCS3)cc2)s1. The van der Waals surface area contributed by atoms with E-state index in [1.54, 1.807) is 0 Å². The highest BCUT2D eigenvalue weighted by molar-refractivity contribution is 8.19. The van der Waals surface area contributed by atoms with Gasteiger partial charge in [0.15, 0.2) is 0 Å². The Morgan fingerprint density at radius 1 is 1.18 bits per heavy atom. The molecule has 0 unspecified atom stereocenters. The smallest absolute Gasteiger partial charge is 0.257 e. The molecule has 0 radical (unpaired) electrons. The van der Waals surface area contributed by atoms with Gasteiger partial charge in [-0.15, -0.1) is 33.7 Å². The van der Waals surface area contributed by atoms with Crippen molar-refractivity contribution in [1.82, 2.24) is 10.2 Å². The third-order valence-electron chi connectivity index (χ3n) is 3.22. The minimum atomic E-state index is -0.135. The molecule has 1 aromatic heterocycles. The second kappa shape index (κ2) is 7.02. The van der Waals surface area contributed by atoms with E-state index in [0.29, 0.717) is 21.2 Å². The number of hydrogen-bond donors (Lipinski definition) is 1. The van der Waals surface area contributed by atoms with Crippen molar-refractivity contribution < 1.29 is 4.79 Å². The van der Waals surface area contributed by atoms with Gasteiger partial charge in [-0.05, 0) is 17.7 Å². The number of amides is 1. The molecule has 0 spiro atoms. The number of hydrogen-bond acceptors (Lipinski definition) is 6. The molecule has 1 N–H and O–H groups in total. The Morgan fingerprint density at radius 3 is 2.45 bits per heavy atom. The van der Waals surface area contributed by atoms with Gasteiger partial charge in [0.2, 0.25) is 5.13 Å². The lowest BCUT2D eigenvalue weighted by atomic mass is 10.1. The van der Waals surface area contributed by atoms with Crippen LogP contribution in [0.25, 0.3) is 0 Å². The predicted molar refractivity (Wildman–Crippen MR) is 96.1 cm³/mol. The van der Waals surface area contributed by atoms with Crippen LogP contribution in [-0.4, -0.2) is 27.6 Å². The number of thioether (sulfide) groups is 2. The molecule has 2 heterocycles. The molecule has 4 nitrogen and oxygen atoms in total. The molecule has 0 bridgehead atoms. The molecule has 1 saturated heterocycles. The van der Waals surface area contributed by atoms with Gasteiger partial charge in [0.1, 0.15) is 5.01 Å². The fraction of sp³-hybridized carbons (Fsp3) is 0.400. The Labute approximate surface area is 142 Å². The van der Waals surface area contributed by atoms with Gasteiger partial charge in [-0.25, -0.2) is 0 Å². The number of carbonyl (C=O) groups excluding carboxylic acids is 1. The first-order valence-electron chi connectivity index (χ1n) is 7.11. The number of carbonyl (C=O) groups is 1. The normalized spacial score (nSPS) is 15.4. The Kier molecular flexibility index (Phi) is 5.05. The first-order chi connectivity index (χ1) is 10.6. The zero-order valence-corrected chi connectivity index (χ0v) is 14.9. The van der Waals surface area contributed by atoms with E-state index in [2.05, 4.69) is 29.4 Å². The van der Waals surface area contributed by atoms with Crippen LogP contribution in [0.2, 0.25) is 0 Å². The standard InChI is InChI=1S/C15H17N3OS3/c1-9(2)13-17-18-15(22-13)16-12(19)10-3-5-11(6-4-10)14-20-7-8-21-14/h3-6,9,14H,7-8H2,1-2H3,(H,16,18,19). The third-order valence-corrected chi connectivity index (χ3v) is 7.47. The van der Waals surface area contributed by atoms with Gasteiger partial charge in [-0.1, -0.05) is 37.3 Å². The van der Waals surface area contributed by atoms with E-state index >= 15 is 0 Å². The largest absolute Gasteiger partial charge is 0.296 e. The molecule has 1 aromatic carbocycles. The second-order valence-electron chi connectivity index (χ2n) is 5.25. The predicted octanol–water partition coefficient (Wildman–Crippen LogP) is 4.39. The highest BCUT2D eigenvalue weighted by Crippen LogP contribution is 2.45. The van der Waals surface area contributed by atoms with E-state index in [-0.39, 0.29) is 5.91 Å². The van der Waals surface area contributed by atoms with Crippen LogP contribution in [0.15, 0.2) is 24.3 Å². The summed E-state index contributed by atoms with van der Waals surface area (Å²) in [6.45, 7) is 4.12. The van der Waals surface area contributed by atoms with Crippen molar-refractivity contribution in [3.05, 3.63) is 40.4 Å². The molecule has 0 atom stereocenters. The van der Waals surface area contributed by atoms with E-state index in [0.717, 1.165) is 5.01 Å². The number of nitrogens with zero attached hydrogens (tertiary/aromatic N) is 2. The summed E-state index contributed by atoms with van der Waals surface area (Å²) in [5, 5.41) is 12.4. The first-order valence-corrected chi connectivity index (χ1v) is 10.0. The number of anilines is 1. The molecule has 2 aromatic rings. The third kappa shape index (κ3) is 3.64. The number of nitrogens with one attached hydrogen (secondary N) is 1. The minimum absolute atomic E-state index is 0.135. The monoisotopic (exact) mass is 351 g/mol. The lowest BCUT2D eigenvalue weighted by molar-refractivity contribution is 0.102. The van der Waals surface area contributed by atoms with Crippen LogP contribution in [0.3, 0.4) is 0 Å². The average molecular weight is 352 g/mol. The Morgan fingerprint density at radius 2 is 1.86 bits per heavy atom. The number of benzene rings is 1. The topological polar surface area (TPSA) is 54.9 Å². The van der Waals surface area contributed by atoms with Crippen LogP contribution >= 0.6 is 34.9 Å². The maximum absolute atomic E-state index is 12.2. The first kappa shape index (κ1) is 15.8. The van der Waals surface area contributed by atoms with Crippen molar-refractivity contribution >= 4 is 45.9 Å². The maximum atomic E-state index is 12.2.